The van der Waals surface area contributed by atoms with Crippen LogP contribution < -0.4 is 24.3 Å². The normalized spacial score (nSPS) is 10.8. The second kappa shape index (κ2) is 12.9. The number of halogens is 2. The van der Waals surface area contributed by atoms with Gasteiger partial charge in [-0.05, 0) is 61.0 Å². The standard InChI is InChI=1S/C27H25F2NO6/c1-3-34-25-15-18(10-13-22(25)35-17-26(32)30-20-7-5-4-6-8-20)9-12-21(31)19-11-14-23(36-27(28)29)24(16-19)33-2/h4-16,27H,3,17H2,1-2H3,(H,30,32)/b12-9+. The molecule has 0 spiro atoms. The van der Waals surface area contributed by atoms with Crippen LogP contribution in [0.25, 0.3) is 6.08 Å². The number of hydrogen-bond acceptors (Lipinski definition) is 6. The Hall–Kier alpha value is -4.40. The van der Waals surface area contributed by atoms with Crippen LogP contribution in [0.4, 0.5) is 14.5 Å². The summed E-state index contributed by atoms with van der Waals surface area (Å²) in [6.07, 6.45) is 2.91. The van der Waals surface area contributed by atoms with Gasteiger partial charge in [-0.2, -0.15) is 8.78 Å². The third-order valence-electron chi connectivity index (χ3n) is 4.78. The van der Waals surface area contributed by atoms with E-state index in [1.807, 2.05) is 25.1 Å². The van der Waals surface area contributed by atoms with Crippen LogP contribution in [0.15, 0.2) is 72.8 Å². The molecule has 1 N–H and O–H groups in total. The summed E-state index contributed by atoms with van der Waals surface area (Å²) < 4.78 is 45.7. The molecule has 7 nitrogen and oxygen atoms in total. The first kappa shape index (κ1) is 26.2. The van der Waals surface area contributed by atoms with Crippen LogP contribution in [0.3, 0.4) is 0 Å². The number of alkyl halides is 2. The Labute approximate surface area is 207 Å². The number of anilines is 1. The van der Waals surface area contributed by atoms with Gasteiger partial charge in [0, 0.05) is 11.3 Å². The van der Waals surface area contributed by atoms with E-state index in [0.29, 0.717) is 29.4 Å². The van der Waals surface area contributed by atoms with Gasteiger partial charge in [-0.15, -0.1) is 0 Å². The molecule has 9 heteroatoms. The molecular formula is C27H25F2NO6. The number of ketones is 1. The van der Waals surface area contributed by atoms with Crippen LogP contribution in [0.1, 0.15) is 22.8 Å². The Kier molecular flexibility index (Phi) is 9.39. The lowest BCUT2D eigenvalue weighted by molar-refractivity contribution is -0.118. The van der Waals surface area contributed by atoms with Crippen molar-refractivity contribution in [2.24, 2.45) is 0 Å². The zero-order chi connectivity index (χ0) is 25.9. The molecule has 0 saturated heterocycles. The zero-order valence-corrected chi connectivity index (χ0v) is 19.7. The Bertz CT molecular complexity index is 1210. The van der Waals surface area contributed by atoms with E-state index in [4.69, 9.17) is 14.2 Å². The SMILES string of the molecule is CCOc1cc(/C=C/C(=O)c2ccc(OC(F)F)c(OC)c2)ccc1OCC(=O)Nc1ccccc1. The molecule has 0 aliphatic rings. The molecule has 0 aliphatic heterocycles. The summed E-state index contributed by atoms with van der Waals surface area (Å²) in [5.41, 5.74) is 1.55. The van der Waals surface area contributed by atoms with Gasteiger partial charge in [0.25, 0.3) is 5.91 Å². The molecule has 188 valence electrons. The lowest BCUT2D eigenvalue weighted by atomic mass is 10.1. The van der Waals surface area contributed by atoms with Crippen molar-refractivity contribution in [3.63, 3.8) is 0 Å². The van der Waals surface area contributed by atoms with Crippen molar-refractivity contribution in [1.82, 2.24) is 0 Å². The number of methoxy groups -OCH3 is 1. The summed E-state index contributed by atoms with van der Waals surface area (Å²) in [6, 6.07) is 18.0. The Balaban J connectivity index is 1.67. The van der Waals surface area contributed by atoms with Crippen molar-refractivity contribution < 1.29 is 37.3 Å². The first-order chi connectivity index (χ1) is 17.4. The van der Waals surface area contributed by atoms with E-state index in [0.717, 1.165) is 0 Å². The van der Waals surface area contributed by atoms with Crippen LogP contribution in [0.5, 0.6) is 23.0 Å². The van der Waals surface area contributed by atoms with Crippen LogP contribution in [0, 0.1) is 0 Å². The fraction of sp³-hybridized carbons (Fsp3) is 0.185. The van der Waals surface area contributed by atoms with Crippen LogP contribution in [-0.2, 0) is 4.79 Å². The summed E-state index contributed by atoms with van der Waals surface area (Å²) in [7, 11) is 1.29. The van der Waals surface area contributed by atoms with E-state index in [9.17, 15) is 18.4 Å². The maximum Gasteiger partial charge on any atom is 0.387 e. The summed E-state index contributed by atoms with van der Waals surface area (Å²) in [5.74, 6) is -0.0440. The molecule has 0 bridgehead atoms. The lowest BCUT2D eigenvalue weighted by Crippen LogP contribution is -2.20. The van der Waals surface area contributed by atoms with Crippen LogP contribution in [-0.4, -0.2) is 38.6 Å². The number of benzene rings is 3. The lowest BCUT2D eigenvalue weighted by Gasteiger charge is -2.13. The molecule has 0 radical (unpaired) electrons. The highest BCUT2D eigenvalue weighted by Crippen LogP contribution is 2.31. The molecule has 3 aromatic rings. The first-order valence-electron chi connectivity index (χ1n) is 11.0. The van der Waals surface area contributed by atoms with E-state index in [1.54, 1.807) is 36.4 Å². The van der Waals surface area contributed by atoms with Crippen LogP contribution in [0.2, 0.25) is 0 Å². The number of para-hydroxylation sites is 1. The fourth-order valence-electron chi connectivity index (χ4n) is 3.16. The molecule has 3 rings (SSSR count). The van der Waals surface area contributed by atoms with Gasteiger partial charge in [0.05, 0.1) is 13.7 Å². The second-order valence-electron chi connectivity index (χ2n) is 7.28. The van der Waals surface area contributed by atoms with E-state index in [2.05, 4.69) is 10.1 Å². The number of amides is 1. The van der Waals surface area contributed by atoms with Gasteiger partial charge in [0.15, 0.2) is 35.4 Å². The average molecular weight is 497 g/mol. The van der Waals surface area contributed by atoms with Gasteiger partial charge in [0.2, 0.25) is 0 Å². The maximum atomic E-state index is 12.6. The number of ether oxygens (including phenoxy) is 4. The van der Waals surface area contributed by atoms with E-state index in [1.165, 1.54) is 31.4 Å². The van der Waals surface area contributed by atoms with E-state index < -0.39 is 6.61 Å². The molecule has 1 amide bonds. The van der Waals surface area contributed by atoms with Crippen molar-refractivity contribution in [3.05, 3.63) is 83.9 Å². The minimum Gasteiger partial charge on any atom is -0.493 e. The Morgan fingerprint density at radius 1 is 0.917 bits per heavy atom. The molecule has 0 saturated carbocycles. The topological polar surface area (TPSA) is 83.1 Å². The highest BCUT2D eigenvalue weighted by molar-refractivity contribution is 6.07. The first-order valence-corrected chi connectivity index (χ1v) is 11.0. The van der Waals surface area contributed by atoms with Crippen molar-refractivity contribution in [1.29, 1.82) is 0 Å². The Morgan fingerprint density at radius 3 is 2.36 bits per heavy atom. The minimum absolute atomic E-state index is 0.0194. The third kappa shape index (κ3) is 7.56. The third-order valence-corrected chi connectivity index (χ3v) is 4.78. The Morgan fingerprint density at radius 2 is 1.67 bits per heavy atom. The van der Waals surface area contributed by atoms with E-state index in [-0.39, 0.29) is 35.4 Å². The highest BCUT2D eigenvalue weighted by atomic mass is 19.3. The number of rotatable bonds is 12. The number of hydrogen-bond donors (Lipinski definition) is 1. The molecule has 0 aromatic heterocycles. The highest BCUT2D eigenvalue weighted by Gasteiger charge is 2.14. The van der Waals surface area contributed by atoms with Gasteiger partial charge in [0.1, 0.15) is 0 Å². The van der Waals surface area contributed by atoms with Crippen molar-refractivity contribution >= 4 is 23.5 Å². The summed E-state index contributed by atoms with van der Waals surface area (Å²) in [4.78, 5) is 24.8. The van der Waals surface area contributed by atoms with Crippen molar-refractivity contribution in [2.45, 2.75) is 13.5 Å². The van der Waals surface area contributed by atoms with Crippen LogP contribution >= 0.6 is 0 Å². The maximum absolute atomic E-state index is 12.6. The van der Waals surface area contributed by atoms with Gasteiger partial charge < -0.3 is 24.3 Å². The number of allylic oxidation sites excluding steroid dienone is 1. The molecule has 0 atom stereocenters. The van der Waals surface area contributed by atoms with Gasteiger partial charge >= 0.3 is 6.61 Å². The molecule has 36 heavy (non-hydrogen) atoms. The number of carbonyl (C=O) groups excluding carboxylic acids is 2. The van der Waals surface area contributed by atoms with Gasteiger partial charge in [-0.1, -0.05) is 30.3 Å². The zero-order valence-electron chi connectivity index (χ0n) is 19.7. The monoisotopic (exact) mass is 497 g/mol. The van der Waals surface area contributed by atoms with Gasteiger partial charge in [-0.25, -0.2) is 0 Å². The van der Waals surface area contributed by atoms with Crippen molar-refractivity contribution in [3.8, 4) is 23.0 Å². The minimum atomic E-state index is -3.01. The summed E-state index contributed by atoms with van der Waals surface area (Å²) in [6.45, 7) is -1.04. The smallest absolute Gasteiger partial charge is 0.387 e. The fourth-order valence-corrected chi connectivity index (χ4v) is 3.16. The summed E-state index contributed by atoms with van der Waals surface area (Å²) in [5, 5.41) is 2.74. The molecule has 0 fully saturated rings. The molecule has 0 aliphatic carbocycles. The summed E-state index contributed by atoms with van der Waals surface area (Å²) >= 11 is 0. The average Bonchev–Trinajstić information content (AvgIpc) is 2.87. The largest absolute Gasteiger partial charge is 0.493 e. The molecule has 0 heterocycles. The number of nitrogens with one attached hydrogen (secondary N) is 1. The molecule has 0 unspecified atom stereocenters. The molecule has 3 aromatic carbocycles. The molecular weight excluding hydrogens is 472 g/mol. The quantitative estimate of drug-likeness (QED) is 0.259. The van der Waals surface area contributed by atoms with E-state index >= 15 is 0 Å². The van der Waals surface area contributed by atoms with Crippen molar-refractivity contribution in [2.75, 3.05) is 25.6 Å². The second-order valence-corrected chi connectivity index (χ2v) is 7.28. The number of carbonyl (C=O) groups is 2. The van der Waals surface area contributed by atoms with Gasteiger partial charge in [-0.3, -0.25) is 9.59 Å². The predicted molar refractivity (Wildman–Crippen MR) is 131 cm³/mol. The predicted octanol–water partition coefficient (Wildman–Crippen LogP) is 5.61.